The molecule has 1 aromatic rings. The lowest BCUT2D eigenvalue weighted by Gasteiger charge is -2.28. The Morgan fingerprint density at radius 1 is 1.41 bits per heavy atom. The van der Waals surface area contributed by atoms with Gasteiger partial charge in [0.2, 0.25) is 11.0 Å². The number of hydrogen-bond acceptors (Lipinski definition) is 7. The first kappa shape index (κ1) is 17.6. The van der Waals surface area contributed by atoms with Gasteiger partial charge in [-0.3, -0.25) is 10.1 Å². The molecule has 0 radical (unpaired) electrons. The van der Waals surface area contributed by atoms with E-state index >= 15 is 0 Å². The quantitative estimate of drug-likeness (QED) is 0.828. The molecule has 9 heteroatoms. The highest BCUT2D eigenvalue weighted by molar-refractivity contribution is 8.23. The second kappa shape index (κ2) is 7.67. The van der Waals surface area contributed by atoms with Crippen LogP contribution in [0.2, 0.25) is 0 Å². The van der Waals surface area contributed by atoms with Gasteiger partial charge in [0.25, 0.3) is 0 Å². The van der Waals surface area contributed by atoms with E-state index in [4.69, 9.17) is 17.0 Å². The van der Waals surface area contributed by atoms with Crippen molar-refractivity contribution < 1.29 is 9.53 Å². The standard InChI is InChI=1S/C13H20N4O2S3/c1-13(2,3)10-15-16-11(22-10)14-9(18)8-21-12(20)17-4-6-19-7-5-17/h4-8H2,1-3H3,(H,14,16,18). The third kappa shape index (κ3) is 5.15. The van der Waals surface area contributed by atoms with Crippen LogP contribution >= 0.6 is 35.3 Å². The third-order valence-electron chi connectivity index (χ3n) is 2.91. The number of carbonyl (C=O) groups is 1. The van der Waals surface area contributed by atoms with Crippen LogP contribution in [0, 0.1) is 0 Å². The molecule has 1 aromatic heterocycles. The van der Waals surface area contributed by atoms with E-state index in [0.29, 0.717) is 18.3 Å². The predicted molar refractivity (Wildman–Crippen MR) is 94.7 cm³/mol. The van der Waals surface area contributed by atoms with Crippen molar-refractivity contribution in [2.75, 3.05) is 37.4 Å². The Kier molecular flexibility index (Phi) is 6.13. The Balaban J connectivity index is 1.78. The molecule has 1 saturated heterocycles. The minimum absolute atomic E-state index is 0.0622. The maximum Gasteiger partial charge on any atom is 0.236 e. The number of amides is 1. The van der Waals surface area contributed by atoms with Crippen molar-refractivity contribution in [1.82, 2.24) is 15.1 Å². The number of hydrogen-bond donors (Lipinski definition) is 1. The molecule has 0 saturated carbocycles. The van der Waals surface area contributed by atoms with E-state index in [9.17, 15) is 4.79 Å². The summed E-state index contributed by atoms with van der Waals surface area (Å²) in [6.07, 6.45) is 0. The Hall–Kier alpha value is -0.770. The van der Waals surface area contributed by atoms with Crippen molar-refractivity contribution >= 4 is 50.7 Å². The Bertz CT molecular complexity index is 536. The van der Waals surface area contributed by atoms with Gasteiger partial charge in [-0.2, -0.15) is 0 Å². The molecule has 0 spiro atoms. The molecule has 2 rings (SSSR count). The molecule has 2 heterocycles. The smallest absolute Gasteiger partial charge is 0.236 e. The van der Waals surface area contributed by atoms with E-state index < -0.39 is 0 Å². The highest BCUT2D eigenvalue weighted by Gasteiger charge is 2.20. The average molecular weight is 361 g/mol. The fraction of sp³-hybridized carbons (Fsp3) is 0.692. The summed E-state index contributed by atoms with van der Waals surface area (Å²) in [5.74, 6) is 0.165. The van der Waals surface area contributed by atoms with E-state index in [1.807, 2.05) is 0 Å². The molecule has 0 bridgehead atoms. The van der Waals surface area contributed by atoms with Gasteiger partial charge in [-0.05, 0) is 0 Å². The summed E-state index contributed by atoms with van der Waals surface area (Å²) < 4.78 is 6.02. The zero-order chi connectivity index (χ0) is 16.2. The number of thiocarbonyl (C=S) groups is 1. The fourth-order valence-electron chi connectivity index (χ4n) is 1.70. The van der Waals surface area contributed by atoms with Gasteiger partial charge >= 0.3 is 0 Å². The van der Waals surface area contributed by atoms with Gasteiger partial charge in [-0.1, -0.05) is 56.1 Å². The predicted octanol–water partition coefficient (Wildman–Crippen LogP) is 2.12. The van der Waals surface area contributed by atoms with Gasteiger partial charge in [-0.25, -0.2) is 0 Å². The molecular formula is C13H20N4O2S3. The first-order valence-electron chi connectivity index (χ1n) is 6.99. The summed E-state index contributed by atoms with van der Waals surface area (Å²) in [4.78, 5) is 14.0. The zero-order valence-corrected chi connectivity index (χ0v) is 15.4. The molecule has 0 aliphatic carbocycles. The number of ether oxygens (including phenoxy) is 1. The van der Waals surface area contributed by atoms with E-state index in [0.717, 1.165) is 22.4 Å². The van der Waals surface area contributed by atoms with Crippen LogP contribution in [0.1, 0.15) is 25.8 Å². The maximum atomic E-state index is 12.0. The molecular weight excluding hydrogens is 340 g/mol. The fourth-order valence-corrected chi connectivity index (χ4v) is 3.57. The number of aromatic nitrogens is 2. The maximum absolute atomic E-state index is 12.0. The van der Waals surface area contributed by atoms with E-state index in [2.05, 4.69) is 41.2 Å². The topological polar surface area (TPSA) is 67.4 Å². The van der Waals surface area contributed by atoms with Crippen molar-refractivity contribution in [3.05, 3.63) is 5.01 Å². The zero-order valence-electron chi connectivity index (χ0n) is 12.9. The highest BCUT2D eigenvalue weighted by Crippen LogP contribution is 2.27. The SMILES string of the molecule is CC(C)(C)c1nnc(NC(=O)CSC(=S)N2CCOCC2)s1. The molecule has 0 unspecified atom stereocenters. The summed E-state index contributed by atoms with van der Waals surface area (Å²) >= 11 is 8.11. The first-order valence-corrected chi connectivity index (χ1v) is 9.20. The molecule has 1 amide bonds. The Morgan fingerprint density at radius 3 is 2.68 bits per heavy atom. The van der Waals surface area contributed by atoms with Crippen LogP contribution in [-0.2, 0) is 14.9 Å². The number of anilines is 1. The average Bonchev–Trinajstić information content (AvgIpc) is 2.94. The van der Waals surface area contributed by atoms with Crippen molar-refractivity contribution in [3.63, 3.8) is 0 Å². The molecule has 1 N–H and O–H groups in total. The van der Waals surface area contributed by atoms with E-state index in [1.54, 1.807) is 0 Å². The van der Waals surface area contributed by atoms with Gasteiger partial charge < -0.3 is 9.64 Å². The van der Waals surface area contributed by atoms with Crippen LogP contribution < -0.4 is 5.32 Å². The Morgan fingerprint density at radius 2 is 2.09 bits per heavy atom. The van der Waals surface area contributed by atoms with Crippen LogP contribution in [0.5, 0.6) is 0 Å². The van der Waals surface area contributed by atoms with E-state index in [-0.39, 0.29) is 17.1 Å². The van der Waals surface area contributed by atoms with E-state index in [1.165, 1.54) is 23.1 Å². The highest BCUT2D eigenvalue weighted by atomic mass is 32.2. The number of carbonyl (C=O) groups excluding carboxylic acids is 1. The second-order valence-corrected chi connectivity index (χ2v) is 8.45. The molecule has 0 atom stereocenters. The monoisotopic (exact) mass is 360 g/mol. The minimum atomic E-state index is -0.114. The number of rotatable bonds is 3. The molecule has 122 valence electrons. The number of thioether (sulfide) groups is 1. The third-order valence-corrected chi connectivity index (χ3v) is 5.70. The minimum Gasteiger partial charge on any atom is -0.378 e. The number of nitrogens with one attached hydrogen (secondary N) is 1. The lowest BCUT2D eigenvalue weighted by molar-refractivity contribution is -0.113. The summed E-state index contributed by atoms with van der Waals surface area (Å²) in [7, 11) is 0. The van der Waals surface area contributed by atoms with Crippen molar-refractivity contribution in [2.24, 2.45) is 0 Å². The van der Waals surface area contributed by atoms with Crippen LogP contribution in [0.4, 0.5) is 5.13 Å². The van der Waals surface area contributed by atoms with Gasteiger partial charge in [0, 0.05) is 18.5 Å². The Labute approximate surface area is 144 Å². The van der Waals surface area contributed by atoms with Crippen LogP contribution in [0.3, 0.4) is 0 Å². The van der Waals surface area contributed by atoms with Crippen molar-refractivity contribution in [1.29, 1.82) is 0 Å². The largest absolute Gasteiger partial charge is 0.378 e. The normalized spacial score (nSPS) is 15.7. The van der Waals surface area contributed by atoms with Crippen LogP contribution in [0.15, 0.2) is 0 Å². The lowest BCUT2D eigenvalue weighted by atomic mass is 9.98. The molecule has 6 nitrogen and oxygen atoms in total. The van der Waals surface area contributed by atoms with Gasteiger partial charge in [0.1, 0.15) is 9.33 Å². The number of morpholine rings is 1. The van der Waals surface area contributed by atoms with Crippen molar-refractivity contribution in [3.8, 4) is 0 Å². The first-order chi connectivity index (χ1) is 10.4. The second-order valence-electron chi connectivity index (χ2n) is 5.86. The summed E-state index contributed by atoms with van der Waals surface area (Å²) in [5, 5.41) is 12.3. The van der Waals surface area contributed by atoms with Gasteiger partial charge in [-0.15, -0.1) is 10.2 Å². The molecule has 1 aliphatic heterocycles. The summed E-state index contributed by atoms with van der Waals surface area (Å²) in [6.45, 7) is 9.15. The molecule has 22 heavy (non-hydrogen) atoms. The molecule has 1 fully saturated rings. The van der Waals surface area contributed by atoms with Crippen molar-refractivity contribution in [2.45, 2.75) is 26.2 Å². The van der Waals surface area contributed by atoms with Gasteiger partial charge in [0.05, 0.1) is 19.0 Å². The van der Waals surface area contributed by atoms with Gasteiger partial charge in [0.15, 0.2) is 0 Å². The number of nitrogens with zero attached hydrogens (tertiary/aromatic N) is 3. The molecule has 1 aliphatic rings. The molecule has 0 aromatic carbocycles. The van der Waals surface area contributed by atoms with Crippen LogP contribution in [0.25, 0.3) is 0 Å². The summed E-state index contributed by atoms with van der Waals surface area (Å²) in [5.41, 5.74) is -0.0622. The summed E-state index contributed by atoms with van der Waals surface area (Å²) in [6, 6.07) is 0. The van der Waals surface area contributed by atoms with Crippen LogP contribution in [-0.4, -0.2) is 57.4 Å². The lowest BCUT2D eigenvalue weighted by Crippen LogP contribution is -2.39.